The van der Waals surface area contributed by atoms with Crippen LogP contribution >= 0.6 is 8.03 Å². The van der Waals surface area contributed by atoms with E-state index < -0.39 is 37.6 Å². The molecule has 0 aliphatic carbocycles. The molecule has 0 bridgehead atoms. The molecule has 0 radical (unpaired) electrons. The van der Waals surface area contributed by atoms with Gasteiger partial charge in [0, 0.05) is 13.6 Å². The van der Waals surface area contributed by atoms with Crippen LogP contribution in [0.3, 0.4) is 0 Å². The van der Waals surface area contributed by atoms with Crippen LogP contribution in [0.5, 0.6) is 0 Å². The first-order valence-corrected chi connectivity index (χ1v) is 8.14. The monoisotopic (exact) mass is 323 g/mol. The van der Waals surface area contributed by atoms with Gasteiger partial charge in [0.25, 0.3) is 0 Å². The fourth-order valence-electron chi connectivity index (χ4n) is 0.948. The number of hydrogen-bond donors (Lipinski definition) is 1. The highest BCUT2D eigenvalue weighted by Gasteiger charge is 2.26. The normalized spacial score (nSPS) is 14.0. The fraction of sp³-hybridized carbons (Fsp3) is 0.750. The van der Waals surface area contributed by atoms with Gasteiger partial charge in [-0.3, -0.25) is 14.2 Å². The average molecular weight is 323 g/mol. The molecular weight excluding hydrogens is 301 g/mol. The van der Waals surface area contributed by atoms with Crippen molar-refractivity contribution in [1.29, 1.82) is 0 Å². The van der Waals surface area contributed by atoms with E-state index in [0.29, 0.717) is 0 Å². The van der Waals surface area contributed by atoms with Crippen molar-refractivity contribution in [2.45, 2.75) is 34.0 Å². The number of alkyl carbamates (subject to hydrolysis) is 1. The Kier molecular flexibility index (Phi) is 8.21. The second-order valence-corrected chi connectivity index (χ2v) is 6.57. The van der Waals surface area contributed by atoms with E-state index in [9.17, 15) is 18.9 Å². The Morgan fingerprint density at radius 3 is 2.24 bits per heavy atom. The summed E-state index contributed by atoms with van der Waals surface area (Å²) in [6, 6.07) is 0. The van der Waals surface area contributed by atoms with E-state index in [1.54, 1.807) is 20.8 Å². The number of carbonyl (C=O) groups excluding carboxylic acids is 3. The first kappa shape index (κ1) is 19.6. The third kappa shape index (κ3) is 10.0. The van der Waals surface area contributed by atoms with E-state index in [0.717, 1.165) is 0 Å². The zero-order valence-corrected chi connectivity index (χ0v) is 13.8. The van der Waals surface area contributed by atoms with E-state index in [4.69, 9.17) is 9.47 Å². The number of rotatable bonds is 7. The first-order valence-electron chi connectivity index (χ1n) is 6.33. The summed E-state index contributed by atoms with van der Waals surface area (Å²) in [4.78, 5) is 34.1. The maximum absolute atomic E-state index is 11.5. The van der Waals surface area contributed by atoms with Crippen LogP contribution in [0.15, 0.2) is 0 Å². The molecule has 0 saturated heterocycles. The second kappa shape index (κ2) is 8.79. The lowest BCUT2D eigenvalue weighted by Gasteiger charge is -2.20. The molecule has 21 heavy (non-hydrogen) atoms. The Bertz CT molecular complexity index is 416. The molecule has 0 spiro atoms. The van der Waals surface area contributed by atoms with Crippen LogP contribution in [0.4, 0.5) is 4.79 Å². The molecule has 122 valence electrons. The molecule has 1 amide bonds. The molecule has 0 aromatic heterocycles. The molecule has 0 aromatic carbocycles. The molecule has 0 rings (SSSR count). The van der Waals surface area contributed by atoms with E-state index in [-0.39, 0.29) is 13.2 Å². The third-order valence-corrected chi connectivity index (χ3v) is 2.58. The number of carbonyl (C=O) groups is 3. The highest BCUT2D eigenvalue weighted by Crippen LogP contribution is 2.16. The van der Waals surface area contributed by atoms with Crippen LogP contribution in [-0.4, -0.2) is 44.0 Å². The van der Waals surface area contributed by atoms with Gasteiger partial charge in [-0.1, -0.05) is 0 Å². The van der Waals surface area contributed by atoms with Crippen molar-refractivity contribution >= 4 is 25.9 Å². The number of esters is 1. The van der Waals surface area contributed by atoms with Gasteiger partial charge < -0.3 is 19.3 Å². The van der Waals surface area contributed by atoms with Gasteiger partial charge in [-0.05, 0) is 20.8 Å². The minimum absolute atomic E-state index is 0.325. The zero-order valence-electron chi connectivity index (χ0n) is 12.8. The lowest BCUT2D eigenvalue weighted by atomic mass is 9.97. The molecule has 0 aromatic rings. The average Bonchev–Trinajstić information content (AvgIpc) is 2.32. The summed E-state index contributed by atoms with van der Waals surface area (Å²) in [6.45, 7) is 7.07. The van der Waals surface area contributed by atoms with Crippen LogP contribution in [0.1, 0.15) is 27.7 Å². The van der Waals surface area contributed by atoms with E-state index in [1.807, 2.05) is 0 Å². The van der Waals surface area contributed by atoms with Gasteiger partial charge in [-0.25, -0.2) is 4.79 Å². The Labute approximate surface area is 124 Å². The largest absolute Gasteiger partial charge is 0.425 e. The van der Waals surface area contributed by atoms with Crippen molar-refractivity contribution in [3.8, 4) is 0 Å². The molecule has 0 aliphatic rings. The van der Waals surface area contributed by atoms with Crippen molar-refractivity contribution in [3.63, 3.8) is 0 Å². The predicted molar refractivity (Wildman–Crippen MR) is 75.4 cm³/mol. The summed E-state index contributed by atoms with van der Waals surface area (Å²) in [6.07, 6.45) is -1.98. The highest BCUT2D eigenvalue weighted by molar-refractivity contribution is 7.38. The number of Topliss-reactive ketones (excluding diaryl/α,β-unsaturated/α-hetero) is 1. The van der Waals surface area contributed by atoms with Crippen LogP contribution in [0.25, 0.3) is 0 Å². The van der Waals surface area contributed by atoms with Crippen LogP contribution < -0.4 is 5.32 Å². The third-order valence-electron chi connectivity index (χ3n) is 2.02. The minimum Gasteiger partial charge on any atom is -0.425 e. The predicted octanol–water partition coefficient (Wildman–Crippen LogP) is 1.34. The summed E-state index contributed by atoms with van der Waals surface area (Å²) >= 11 is 0. The molecule has 0 aliphatic heterocycles. The number of ether oxygens (including phenoxy) is 2. The van der Waals surface area contributed by atoms with Crippen molar-refractivity contribution in [2.24, 2.45) is 5.41 Å². The van der Waals surface area contributed by atoms with Crippen molar-refractivity contribution in [1.82, 2.24) is 5.32 Å². The van der Waals surface area contributed by atoms with Gasteiger partial charge in [0.2, 0.25) is 6.29 Å². The van der Waals surface area contributed by atoms with Gasteiger partial charge in [-0.2, -0.15) is 0 Å². The van der Waals surface area contributed by atoms with E-state index >= 15 is 0 Å². The number of ketones is 1. The highest BCUT2D eigenvalue weighted by atomic mass is 31.1. The minimum atomic E-state index is -2.19. The van der Waals surface area contributed by atoms with Crippen molar-refractivity contribution < 1.29 is 32.9 Å². The SMILES string of the molecule is CC(OC(=O)NCC(=O)CO[PH](C)=O)OC(=O)C(C)(C)C. The van der Waals surface area contributed by atoms with Crippen LogP contribution in [0, 0.1) is 5.41 Å². The lowest BCUT2D eigenvalue weighted by Crippen LogP contribution is -2.36. The van der Waals surface area contributed by atoms with Gasteiger partial charge >= 0.3 is 12.1 Å². The lowest BCUT2D eigenvalue weighted by molar-refractivity contribution is -0.174. The molecule has 0 heterocycles. The molecule has 1 N–H and O–H groups in total. The maximum atomic E-state index is 11.5. The van der Waals surface area contributed by atoms with Gasteiger partial charge in [0.05, 0.1) is 12.0 Å². The number of nitrogens with one attached hydrogen (secondary N) is 1. The van der Waals surface area contributed by atoms with Crippen molar-refractivity contribution in [3.05, 3.63) is 0 Å². The van der Waals surface area contributed by atoms with Gasteiger partial charge in [0.15, 0.2) is 13.8 Å². The summed E-state index contributed by atoms with van der Waals surface area (Å²) in [5, 5.41) is 2.18. The first-order chi connectivity index (χ1) is 9.52. The van der Waals surface area contributed by atoms with Crippen LogP contribution in [-0.2, 0) is 28.2 Å². The molecular formula is C12H22NO7P. The standard InChI is InChI=1S/C12H22NO7P/c1-8(19-10(15)12(2,3)4)20-11(16)13-6-9(14)7-18-21(5)17/h8,21H,6-7H2,1-5H3,(H,13,16). The zero-order chi connectivity index (χ0) is 16.6. The summed E-state index contributed by atoms with van der Waals surface area (Å²) in [5.41, 5.74) is -0.709. The molecule has 0 saturated carbocycles. The number of amides is 1. The quantitative estimate of drug-likeness (QED) is 0.428. The number of hydrogen-bond acceptors (Lipinski definition) is 7. The Morgan fingerprint density at radius 2 is 1.76 bits per heavy atom. The van der Waals surface area contributed by atoms with E-state index in [1.165, 1.54) is 13.6 Å². The van der Waals surface area contributed by atoms with E-state index in [2.05, 4.69) is 9.84 Å². The second-order valence-electron chi connectivity index (χ2n) is 5.30. The molecule has 8 nitrogen and oxygen atoms in total. The Hall–Kier alpha value is -1.40. The molecule has 9 heteroatoms. The Morgan fingerprint density at radius 1 is 1.19 bits per heavy atom. The topological polar surface area (TPSA) is 108 Å². The van der Waals surface area contributed by atoms with Gasteiger partial charge in [-0.15, -0.1) is 0 Å². The Balaban J connectivity index is 4.01. The molecule has 2 atom stereocenters. The summed E-state index contributed by atoms with van der Waals surface area (Å²) in [7, 11) is -2.19. The maximum Gasteiger partial charge on any atom is 0.410 e. The van der Waals surface area contributed by atoms with Gasteiger partial charge in [0.1, 0.15) is 6.61 Å². The summed E-state index contributed by atoms with van der Waals surface area (Å²) in [5.74, 6) is -0.966. The van der Waals surface area contributed by atoms with Crippen LogP contribution in [0.2, 0.25) is 0 Å². The molecule has 0 fully saturated rings. The molecule has 2 unspecified atom stereocenters. The smallest absolute Gasteiger partial charge is 0.410 e. The summed E-state index contributed by atoms with van der Waals surface area (Å²) < 4.78 is 25.0. The van der Waals surface area contributed by atoms with Crippen molar-refractivity contribution in [2.75, 3.05) is 19.8 Å². The fourth-order valence-corrected chi connectivity index (χ4v) is 1.31.